The van der Waals surface area contributed by atoms with Crippen molar-refractivity contribution in [3.8, 4) is 17.5 Å². The quantitative estimate of drug-likeness (QED) is 0.749. The Morgan fingerprint density at radius 3 is 2.54 bits per heavy atom. The number of anilines is 1. The number of nitrogens with zero attached hydrogens (tertiary/aromatic N) is 2. The molecule has 6 nitrogen and oxygen atoms in total. The van der Waals surface area contributed by atoms with E-state index in [0.29, 0.717) is 5.69 Å². The second kappa shape index (κ2) is 5.97. The Morgan fingerprint density at radius 2 is 1.88 bits per heavy atom. The van der Waals surface area contributed by atoms with Crippen LogP contribution in [0.15, 0.2) is 42.6 Å². The number of aromatic nitrogens is 1. The number of esters is 1. The van der Waals surface area contributed by atoms with E-state index in [1.165, 1.54) is 13.3 Å². The van der Waals surface area contributed by atoms with Crippen LogP contribution in [0.4, 0.5) is 5.69 Å². The summed E-state index contributed by atoms with van der Waals surface area (Å²) in [6, 6.07) is 13.2. The van der Waals surface area contributed by atoms with Crippen LogP contribution in [0.2, 0.25) is 0 Å². The molecule has 0 fully saturated rings. The van der Waals surface area contributed by atoms with Crippen molar-refractivity contribution in [3.05, 3.63) is 53.9 Å². The second-order valence-corrected chi connectivity index (χ2v) is 5.11. The van der Waals surface area contributed by atoms with Gasteiger partial charge in [0.1, 0.15) is 11.8 Å². The summed E-state index contributed by atoms with van der Waals surface area (Å²) in [5.41, 5.74) is 7.12. The summed E-state index contributed by atoms with van der Waals surface area (Å²) in [4.78, 5) is 12.2. The molecule has 3 aromatic rings. The molecular formula is C18H15N3O3. The summed E-state index contributed by atoms with van der Waals surface area (Å²) < 4.78 is 11.8. The molecule has 3 rings (SSSR count). The number of rotatable bonds is 3. The van der Waals surface area contributed by atoms with E-state index in [9.17, 15) is 10.1 Å². The first kappa shape index (κ1) is 15.4. The van der Waals surface area contributed by atoms with Gasteiger partial charge in [-0.1, -0.05) is 24.3 Å². The molecule has 0 aliphatic rings. The Bertz CT molecular complexity index is 983. The Balaban J connectivity index is 2.37. The average molecular weight is 321 g/mol. The predicted molar refractivity (Wildman–Crippen MR) is 90.3 cm³/mol. The van der Waals surface area contributed by atoms with Gasteiger partial charge in [-0.05, 0) is 12.1 Å². The normalized spacial score (nSPS) is 10.4. The number of nitrogens with two attached hydrogens (primary N) is 1. The number of hydrogen-bond donors (Lipinski definition) is 1. The molecule has 2 N–H and O–H groups in total. The van der Waals surface area contributed by atoms with Gasteiger partial charge >= 0.3 is 5.97 Å². The second-order valence-electron chi connectivity index (χ2n) is 5.11. The topological polar surface area (TPSA) is 90.3 Å². The van der Waals surface area contributed by atoms with Gasteiger partial charge in [0.25, 0.3) is 0 Å². The number of nitriles is 1. The number of fused-ring (bicyclic) bond motifs is 1. The van der Waals surface area contributed by atoms with Crippen LogP contribution in [0.25, 0.3) is 16.5 Å². The summed E-state index contributed by atoms with van der Waals surface area (Å²) in [5, 5.41) is 11.0. The van der Waals surface area contributed by atoms with Crippen LogP contribution >= 0.6 is 0 Å². The van der Waals surface area contributed by atoms with Crippen LogP contribution in [0.5, 0.6) is 5.75 Å². The highest BCUT2D eigenvalue weighted by molar-refractivity contribution is 5.99. The van der Waals surface area contributed by atoms with Crippen molar-refractivity contribution in [2.45, 2.75) is 0 Å². The van der Waals surface area contributed by atoms with Crippen molar-refractivity contribution in [1.82, 2.24) is 4.57 Å². The molecule has 6 heteroatoms. The molecule has 0 amide bonds. The molecule has 1 aromatic heterocycles. The molecule has 0 spiro atoms. The number of methoxy groups -OCH3 is 2. The maximum atomic E-state index is 12.2. The highest BCUT2D eigenvalue weighted by Crippen LogP contribution is 2.32. The highest BCUT2D eigenvalue weighted by Gasteiger charge is 2.22. The lowest BCUT2D eigenvalue weighted by Crippen LogP contribution is -2.11. The largest absolute Gasteiger partial charge is 0.496 e. The van der Waals surface area contributed by atoms with Crippen molar-refractivity contribution in [2.24, 2.45) is 0 Å². The van der Waals surface area contributed by atoms with Crippen molar-refractivity contribution in [1.29, 1.82) is 5.26 Å². The molecule has 0 unspecified atom stereocenters. The van der Waals surface area contributed by atoms with Gasteiger partial charge in [-0.2, -0.15) is 5.26 Å². The molecule has 120 valence electrons. The van der Waals surface area contributed by atoms with Crippen LogP contribution in [-0.2, 0) is 4.74 Å². The Kier molecular flexibility index (Phi) is 3.84. The first-order chi connectivity index (χ1) is 11.6. The Morgan fingerprint density at radius 1 is 1.17 bits per heavy atom. The number of ether oxygens (including phenoxy) is 2. The molecule has 0 saturated heterocycles. The van der Waals surface area contributed by atoms with Gasteiger partial charge in [0.05, 0.1) is 31.2 Å². The van der Waals surface area contributed by atoms with Gasteiger partial charge in [-0.15, -0.1) is 0 Å². The summed E-state index contributed by atoms with van der Waals surface area (Å²) in [6.45, 7) is 0. The van der Waals surface area contributed by atoms with E-state index in [1.807, 2.05) is 42.5 Å². The summed E-state index contributed by atoms with van der Waals surface area (Å²) in [7, 11) is 2.88. The van der Waals surface area contributed by atoms with Gasteiger partial charge in [0.15, 0.2) is 5.69 Å². The molecule has 0 aliphatic heterocycles. The predicted octanol–water partition coefficient (Wildman–Crippen LogP) is 2.88. The molecule has 0 atom stereocenters. The van der Waals surface area contributed by atoms with Crippen molar-refractivity contribution in [2.75, 3.05) is 20.0 Å². The first-order valence-corrected chi connectivity index (χ1v) is 7.17. The fourth-order valence-corrected chi connectivity index (χ4v) is 2.76. The third kappa shape index (κ3) is 2.23. The summed E-state index contributed by atoms with van der Waals surface area (Å²) in [5.74, 6) is 0.114. The number of carbonyl (C=O) groups excluding carboxylic acids is 1. The van der Waals surface area contributed by atoms with E-state index < -0.39 is 5.97 Å². The van der Waals surface area contributed by atoms with Gasteiger partial charge in [0.2, 0.25) is 0 Å². The van der Waals surface area contributed by atoms with Crippen LogP contribution < -0.4 is 10.5 Å². The number of benzene rings is 2. The SMILES string of the molecule is COC(=O)c1c(N)c(C#N)cn1-c1cccc2c(OC)cccc12. The van der Waals surface area contributed by atoms with Crippen molar-refractivity contribution in [3.63, 3.8) is 0 Å². The smallest absolute Gasteiger partial charge is 0.357 e. The number of nitrogen functional groups attached to an aromatic ring is 1. The maximum absolute atomic E-state index is 12.2. The van der Waals surface area contributed by atoms with Crippen LogP contribution in [0.3, 0.4) is 0 Å². The van der Waals surface area contributed by atoms with Crippen molar-refractivity contribution >= 4 is 22.4 Å². The molecule has 0 saturated carbocycles. The summed E-state index contributed by atoms with van der Waals surface area (Å²) >= 11 is 0. The molecule has 1 heterocycles. The molecular weight excluding hydrogens is 306 g/mol. The standard InChI is InChI=1S/C18H15N3O3/c1-23-15-8-4-5-12-13(15)6-3-7-14(12)21-10-11(9-19)16(20)17(21)18(22)24-2/h3-8,10H,20H2,1-2H3. The zero-order valence-corrected chi connectivity index (χ0v) is 13.2. The molecule has 0 aliphatic carbocycles. The lowest BCUT2D eigenvalue weighted by Gasteiger charge is -2.13. The van der Waals surface area contributed by atoms with E-state index in [2.05, 4.69) is 0 Å². The van der Waals surface area contributed by atoms with E-state index in [-0.39, 0.29) is 16.9 Å². The fourth-order valence-electron chi connectivity index (χ4n) is 2.76. The lowest BCUT2D eigenvalue weighted by atomic mass is 10.1. The van der Waals surface area contributed by atoms with Crippen LogP contribution in [0.1, 0.15) is 16.1 Å². The van der Waals surface area contributed by atoms with Gasteiger partial charge in [0, 0.05) is 17.0 Å². The molecule has 24 heavy (non-hydrogen) atoms. The molecule has 0 radical (unpaired) electrons. The Labute approximate surface area is 138 Å². The van der Waals surface area contributed by atoms with E-state index in [0.717, 1.165) is 16.5 Å². The fraction of sp³-hybridized carbons (Fsp3) is 0.111. The van der Waals surface area contributed by atoms with E-state index in [1.54, 1.807) is 11.7 Å². The minimum atomic E-state index is -0.603. The van der Waals surface area contributed by atoms with E-state index >= 15 is 0 Å². The van der Waals surface area contributed by atoms with Gasteiger partial charge in [-0.25, -0.2) is 4.79 Å². The number of carbonyl (C=O) groups is 1. The van der Waals surface area contributed by atoms with Gasteiger partial charge < -0.3 is 19.8 Å². The zero-order valence-electron chi connectivity index (χ0n) is 13.2. The first-order valence-electron chi connectivity index (χ1n) is 7.17. The molecule has 2 aromatic carbocycles. The third-order valence-electron chi connectivity index (χ3n) is 3.88. The van der Waals surface area contributed by atoms with E-state index in [4.69, 9.17) is 15.2 Å². The van der Waals surface area contributed by atoms with Gasteiger partial charge in [-0.3, -0.25) is 0 Å². The Hall–Kier alpha value is -3.46. The average Bonchev–Trinajstić information content (AvgIpc) is 2.96. The number of hydrogen-bond acceptors (Lipinski definition) is 5. The van der Waals surface area contributed by atoms with Crippen molar-refractivity contribution < 1.29 is 14.3 Å². The molecule has 0 bridgehead atoms. The van der Waals surface area contributed by atoms with Crippen LogP contribution in [0, 0.1) is 11.3 Å². The zero-order chi connectivity index (χ0) is 17.3. The monoisotopic (exact) mass is 321 g/mol. The maximum Gasteiger partial charge on any atom is 0.357 e. The minimum absolute atomic E-state index is 0.101. The lowest BCUT2D eigenvalue weighted by molar-refractivity contribution is 0.0593. The van der Waals surface area contributed by atoms with Crippen LogP contribution in [-0.4, -0.2) is 24.8 Å². The third-order valence-corrected chi connectivity index (χ3v) is 3.88. The summed E-state index contributed by atoms with van der Waals surface area (Å²) in [6.07, 6.45) is 1.54. The highest BCUT2D eigenvalue weighted by atomic mass is 16.5. The minimum Gasteiger partial charge on any atom is -0.496 e.